The van der Waals surface area contributed by atoms with E-state index in [-0.39, 0.29) is 5.91 Å². The molecule has 2 aliphatic rings. The van der Waals surface area contributed by atoms with E-state index in [0.29, 0.717) is 42.8 Å². The second-order valence-electron chi connectivity index (χ2n) is 7.14. The first-order valence-electron chi connectivity index (χ1n) is 10.0. The molecule has 1 aromatic carbocycles. The van der Waals surface area contributed by atoms with Crippen LogP contribution in [-0.4, -0.2) is 54.6 Å². The van der Waals surface area contributed by atoms with Crippen molar-refractivity contribution in [2.75, 3.05) is 43.1 Å². The van der Waals surface area contributed by atoms with Crippen molar-refractivity contribution in [1.82, 2.24) is 9.97 Å². The summed E-state index contributed by atoms with van der Waals surface area (Å²) in [6.07, 6.45) is 1.55. The molecule has 2 aromatic rings. The van der Waals surface area contributed by atoms with E-state index in [0.717, 1.165) is 31.7 Å². The maximum Gasteiger partial charge on any atom is 0.274 e. The van der Waals surface area contributed by atoms with Gasteiger partial charge in [0, 0.05) is 32.0 Å². The standard InChI is InChI=1S/C21H26N4O4/c1-3-27-18-7-5-4-6-16(18)24-20(26)17-14-19(23-15(2)22-17)25-10-8-21(9-11-25)28-12-13-29-21/h4-7,14H,3,8-13H2,1-2H3,(H,24,26). The lowest BCUT2D eigenvalue weighted by Gasteiger charge is -2.38. The van der Waals surface area contributed by atoms with Crippen LogP contribution < -0.4 is 15.0 Å². The summed E-state index contributed by atoms with van der Waals surface area (Å²) in [5.74, 6) is 1.20. The van der Waals surface area contributed by atoms with E-state index in [4.69, 9.17) is 14.2 Å². The molecule has 8 heteroatoms. The lowest BCUT2D eigenvalue weighted by Crippen LogP contribution is -2.45. The summed E-state index contributed by atoms with van der Waals surface area (Å²) < 4.78 is 17.2. The number of nitrogens with one attached hydrogen (secondary N) is 1. The fourth-order valence-electron chi connectivity index (χ4n) is 3.73. The van der Waals surface area contributed by atoms with Gasteiger partial charge in [0.05, 0.1) is 25.5 Å². The Hall–Kier alpha value is -2.71. The molecule has 1 amide bonds. The van der Waals surface area contributed by atoms with Crippen molar-refractivity contribution in [3.8, 4) is 5.75 Å². The Balaban J connectivity index is 1.49. The predicted octanol–water partition coefficient (Wildman–Crippen LogP) is 2.78. The quantitative estimate of drug-likeness (QED) is 0.829. The molecule has 1 N–H and O–H groups in total. The highest BCUT2D eigenvalue weighted by Gasteiger charge is 2.40. The van der Waals surface area contributed by atoms with Gasteiger partial charge >= 0.3 is 0 Å². The summed E-state index contributed by atoms with van der Waals surface area (Å²) in [4.78, 5) is 23.9. The highest BCUT2D eigenvalue weighted by atomic mass is 16.7. The minimum atomic E-state index is -0.443. The van der Waals surface area contributed by atoms with E-state index in [1.54, 1.807) is 13.0 Å². The number of benzene rings is 1. The molecule has 2 saturated heterocycles. The normalized spacial score (nSPS) is 18.1. The van der Waals surface area contributed by atoms with Crippen LogP contribution in [0.25, 0.3) is 0 Å². The molecule has 2 aliphatic heterocycles. The molecule has 8 nitrogen and oxygen atoms in total. The molecule has 3 heterocycles. The average molecular weight is 398 g/mol. The largest absolute Gasteiger partial charge is 0.492 e. The van der Waals surface area contributed by atoms with Crippen LogP contribution in [0.15, 0.2) is 30.3 Å². The summed E-state index contributed by atoms with van der Waals surface area (Å²) in [7, 11) is 0. The smallest absolute Gasteiger partial charge is 0.274 e. The second kappa shape index (κ2) is 8.34. The van der Waals surface area contributed by atoms with Crippen LogP contribution in [0.3, 0.4) is 0 Å². The first kappa shape index (κ1) is 19.6. The number of carbonyl (C=O) groups is 1. The van der Waals surface area contributed by atoms with Gasteiger partial charge in [0.2, 0.25) is 0 Å². The van der Waals surface area contributed by atoms with Crippen molar-refractivity contribution in [1.29, 1.82) is 0 Å². The number of aromatic nitrogens is 2. The number of rotatable bonds is 5. The van der Waals surface area contributed by atoms with Crippen molar-refractivity contribution in [3.63, 3.8) is 0 Å². The van der Waals surface area contributed by atoms with Gasteiger partial charge in [0.25, 0.3) is 5.91 Å². The first-order valence-corrected chi connectivity index (χ1v) is 10.0. The maximum atomic E-state index is 12.8. The van der Waals surface area contributed by atoms with Gasteiger partial charge in [-0.3, -0.25) is 4.79 Å². The van der Waals surface area contributed by atoms with Crippen molar-refractivity contribution in [2.45, 2.75) is 32.5 Å². The van der Waals surface area contributed by atoms with Crippen molar-refractivity contribution >= 4 is 17.4 Å². The molecule has 2 fully saturated rings. The van der Waals surface area contributed by atoms with Gasteiger partial charge in [-0.25, -0.2) is 9.97 Å². The molecule has 0 saturated carbocycles. The fourth-order valence-corrected chi connectivity index (χ4v) is 3.73. The zero-order valence-electron chi connectivity index (χ0n) is 16.8. The summed E-state index contributed by atoms with van der Waals surface area (Å²) in [6, 6.07) is 9.09. The van der Waals surface area contributed by atoms with Gasteiger partial charge in [0.15, 0.2) is 5.79 Å². The second-order valence-corrected chi connectivity index (χ2v) is 7.14. The number of amides is 1. The number of hydrogen-bond donors (Lipinski definition) is 1. The van der Waals surface area contributed by atoms with Crippen molar-refractivity contribution in [3.05, 3.63) is 41.9 Å². The third-order valence-electron chi connectivity index (χ3n) is 5.15. The van der Waals surface area contributed by atoms with Crippen LogP contribution >= 0.6 is 0 Å². The third kappa shape index (κ3) is 4.33. The Morgan fingerprint density at radius 2 is 1.93 bits per heavy atom. The van der Waals surface area contributed by atoms with Gasteiger partial charge < -0.3 is 24.4 Å². The van der Waals surface area contributed by atoms with E-state index in [2.05, 4.69) is 20.2 Å². The summed E-state index contributed by atoms with van der Waals surface area (Å²) in [5, 5.41) is 2.90. The number of ether oxygens (including phenoxy) is 3. The lowest BCUT2D eigenvalue weighted by atomic mass is 10.0. The SMILES string of the molecule is CCOc1ccccc1NC(=O)c1cc(N2CCC3(CC2)OCCO3)nc(C)n1. The van der Waals surface area contributed by atoms with Gasteiger partial charge in [-0.2, -0.15) is 0 Å². The molecule has 0 atom stereocenters. The highest BCUT2D eigenvalue weighted by Crippen LogP contribution is 2.33. The number of hydrogen-bond acceptors (Lipinski definition) is 7. The number of para-hydroxylation sites is 2. The summed E-state index contributed by atoms with van der Waals surface area (Å²) >= 11 is 0. The Morgan fingerprint density at radius 3 is 2.66 bits per heavy atom. The molecule has 1 aromatic heterocycles. The Kier molecular flexibility index (Phi) is 5.64. The maximum absolute atomic E-state index is 12.8. The summed E-state index contributed by atoms with van der Waals surface area (Å²) in [6.45, 7) is 7.04. The van der Waals surface area contributed by atoms with Gasteiger partial charge in [-0.1, -0.05) is 12.1 Å². The Morgan fingerprint density at radius 1 is 1.21 bits per heavy atom. The zero-order chi connectivity index (χ0) is 20.3. The van der Waals surface area contributed by atoms with E-state index in [9.17, 15) is 4.79 Å². The van der Waals surface area contributed by atoms with Crippen LogP contribution in [-0.2, 0) is 9.47 Å². The minimum absolute atomic E-state index is 0.292. The number of piperidine rings is 1. The third-order valence-corrected chi connectivity index (χ3v) is 5.15. The molecule has 4 rings (SSSR count). The van der Waals surface area contributed by atoms with E-state index < -0.39 is 5.79 Å². The fraction of sp³-hybridized carbons (Fsp3) is 0.476. The van der Waals surface area contributed by atoms with Crippen molar-refractivity contribution in [2.24, 2.45) is 0 Å². The first-order chi connectivity index (χ1) is 14.1. The average Bonchev–Trinajstić information content (AvgIpc) is 3.17. The Labute approximate surface area is 170 Å². The monoisotopic (exact) mass is 398 g/mol. The van der Waals surface area contributed by atoms with Crippen LogP contribution in [0.1, 0.15) is 36.1 Å². The van der Waals surface area contributed by atoms with E-state index >= 15 is 0 Å². The molecule has 0 bridgehead atoms. The molecule has 1 spiro atoms. The predicted molar refractivity (Wildman–Crippen MR) is 108 cm³/mol. The number of aryl methyl sites for hydroxylation is 1. The minimum Gasteiger partial charge on any atom is -0.492 e. The lowest BCUT2D eigenvalue weighted by molar-refractivity contribution is -0.169. The van der Waals surface area contributed by atoms with Gasteiger partial charge in [0.1, 0.15) is 23.1 Å². The van der Waals surface area contributed by atoms with Gasteiger partial charge in [-0.05, 0) is 26.0 Å². The van der Waals surface area contributed by atoms with Crippen LogP contribution in [0.4, 0.5) is 11.5 Å². The van der Waals surface area contributed by atoms with Gasteiger partial charge in [-0.15, -0.1) is 0 Å². The molecule has 29 heavy (non-hydrogen) atoms. The molecule has 0 unspecified atom stereocenters. The molecule has 154 valence electrons. The molecular weight excluding hydrogens is 372 g/mol. The van der Waals surface area contributed by atoms with Crippen molar-refractivity contribution < 1.29 is 19.0 Å². The molecule has 0 radical (unpaired) electrons. The van der Waals surface area contributed by atoms with E-state index in [1.165, 1.54) is 0 Å². The number of carbonyl (C=O) groups excluding carboxylic acids is 1. The van der Waals surface area contributed by atoms with E-state index in [1.807, 2.05) is 31.2 Å². The number of nitrogens with zero attached hydrogens (tertiary/aromatic N) is 3. The molecular formula is C21H26N4O4. The molecule has 0 aliphatic carbocycles. The van der Waals surface area contributed by atoms with Crippen LogP contribution in [0, 0.1) is 6.92 Å². The van der Waals surface area contributed by atoms with Crippen LogP contribution in [0.5, 0.6) is 5.75 Å². The highest BCUT2D eigenvalue weighted by molar-refractivity contribution is 6.04. The topological polar surface area (TPSA) is 85.8 Å². The Bertz CT molecular complexity index is 873. The summed E-state index contributed by atoms with van der Waals surface area (Å²) in [5.41, 5.74) is 0.945. The zero-order valence-corrected chi connectivity index (χ0v) is 16.8. The number of anilines is 2. The van der Waals surface area contributed by atoms with Crippen LogP contribution in [0.2, 0.25) is 0 Å².